The Labute approximate surface area is 236 Å². The van der Waals surface area contributed by atoms with Gasteiger partial charge in [-0.15, -0.1) is 0 Å². The normalized spacial score (nSPS) is 16.8. The summed E-state index contributed by atoms with van der Waals surface area (Å²) in [4.78, 5) is 19.7. The highest BCUT2D eigenvalue weighted by molar-refractivity contribution is 7.80. The van der Waals surface area contributed by atoms with E-state index in [2.05, 4.69) is 76.2 Å². The average molecular weight is 538 g/mol. The fraction of sp³-hybridized carbons (Fsp3) is 0.281. The topological polar surface area (TPSA) is 62.2 Å². The zero-order valence-electron chi connectivity index (χ0n) is 22.9. The van der Waals surface area contributed by atoms with Crippen molar-refractivity contribution in [3.05, 3.63) is 113 Å². The Hall–Kier alpha value is -3.97. The minimum atomic E-state index is -0.130. The Morgan fingerprint density at radius 1 is 1.03 bits per heavy atom. The first-order chi connectivity index (χ1) is 18.9. The highest BCUT2D eigenvalue weighted by Crippen LogP contribution is 2.41. The molecule has 0 saturated carbocycles. The highest BCUT2D eigenvalue weighted by Gasteiger charge is 2.41. The maximum Gasteiger partial charge on any atom is 0.226 e. The first kappa shape index (κ1) is 26.6. The fourth-order valence-electron chi connectivity index (χ4n) is 5.52. The van der Waals surface area contributed by atoms with E-state index in [1.807, 2.05) is 55.6 Å². The summed E-state index contributed by atoms with van der Waals surface area (Å²) < 4.78 is 2.30. The molecule has 39 heavy (non-hydrogen) atoms. The Kier molecular flexibility index (Phi) is 7.79. The van der Waals surface area contributed by atoms with Crippen LogP contribution in [0.1, 0.15) is 59.2 Å². The smallest absolute Gasteiger partial charge is 0.226 e. The van der Waals surface area contributed by atoms with Crippen molar-refractivity contribution >= 4 is 28.9 Å². The van der Waals surface area contributed by atoms with Gasteiger partial charge in [-0.3, -0.25) is 9.78 Å². The van der Waals surface area contributed by atoms with Crippen molar-refractivity contribution in [1.82, 2.24) is 19.8 Å². The van der Waals surface area contributed by atoms with Gasteiger partial charge in [0.15, 0.2) is 5.11 Å². The lowest BCUT2D eigenvalue weighted by atomic mass is 9.96. The third-order valence-corrected chi connectivity index (χ3v) is 7.82. The van der Waals surface area contributed by atoms with E-state index in [-0.39, 0.29) is 18.0 Å². The molecule has 2 atom stereocenters. The number of rotatable bonds is 8. The number of pyridine rings is 1. The first-order valence-corrected chi connectivity index (χ1v) is 13.9. The monoisotopic (exact) mass is 537 g/mol. The van der Waals surface area contributed by atoms with Crippen LogP contribution in [0.2, 0.25) is 0 Å². The number of anilines is 1. The van der Waals surface area contributed by atoms with Gasteiger partial charge in [0.05, 0.1) is 17.8 Å². The van der Waals surface area contributed by atoms with Gasteiger partial charge in [0, 0.05) is 41.9 Å². The number of benzene rings is 2. The van der Waals surface area contributed by atoms with Crippen molar-refractivity contribution in [2.45, 2.75) is 52.6 Å². The Morgan fingerprint density at radius 3 is 2.51 bits per heavy atom. The van der Waals surface area contributed by atoms with Crippen LogP contribution in [0.4, 0.5) is 5.69 Å². The second kappa shape index (κ2) is 11.4. The van der Waals surface area contributed by atoms with E-state index in [9.17, 15) is 4.79 Å². The molecule has 3 heterocycles. The summed E-state index contributed by atoms with van der Waals surface area (Å²) in [5.41, 5.74) is 8.78. The van der Waals surface area contributed by atoms with Crippen molar-refractivity contribution in [3.8, 4) is 5.69 Å². The van der Waals surface area contributed by atoms with Crippen LogP contribution in [0.15, 0.2) is 79.0 Å². The van der Waals surface area contributed by atoms with E-state index in [4.69, 9.17) is 12.2 Å². The summed E-state index contributed by atoms with van der Waals surface area (Å²) in [5, 5.41) is 7.18. The maximum absolute atomic E-state index is 12.9. The summed E-state index contributed by atoms with van der Waals surface area (Å²) in [7, 11) is 0. The second-order valence-electron chi connectivity index (χ2n) is 10.2. The summed E-state index contributed by atoms with van der Waals surface area (Å²) >= 11 is 5.85. The minimum absolute atomic E-state index is 0.0371. The lowest BCUT2D eigenvalue weighted by molar-refractivity contribution is -0.116. The zero-order valence-corrected chi connectivity index (χ0v) is 23.8. The number of hydrogen-bond donors (Lipinski definition) is 2. The average Bonchev–Trinajstić information content (AvgIpc) is 3.42. The molecular weight excluding hydrogens is 502 g/mol. The predicted molar refractivity (Wildman–Crippen MR) is 161 cm³/mol. The number of thiocarbonyl (C=S) groups is 1. The molecule has 1 saturated heterocycles. The van der Waals surface area contributed by atoms with Crippen molar-refractivity contribution < 1.29 is 4.79 Å². The quantitative estimate of drug-likeness (QED) is 0.256. The molecule has 0 aliphatic carbocycles. The van der Waals surface area contributed by atoms with Crippen molar-refractivity contribution in [2.75, 3.05) is 11.9 Å². The molecule has 0 bridgehead atoms. The van der Waals surface area contributed by atoms with Crippen LogP contribution in [0.25, 0.3) is 5.69 Å². The minimum Gasteiger partial charge on any atom is -0.352 e. The van der Waals surface area contributed by atoms with Crippen LogP contribution in [-0.2, 0) is 11.2 Å². The number of aromatic nitrogens is 2. The van der Waals surface area contributed by atoms with Gasteiger partial charge in [-0.1, -0.05) is 37.3 Å². The standard InChI is InChI=1S/C32H35N5OS/c1-5-24-12-14-26(15-13-24)37-22(3)20-27(23(37)4)31-30(28-11-6-7-17-33-28)35-32(39)36(31)18-16-29(38)34-25-10-8-9-21(2)19-25/h6-15,17,19-20,30-31H,5,16,18H2,1-4H3,(H,34,38)(H,35,39)/t30-,31+/m1/s1. The van der Waals surface area contributed by atoms with Gasteiger partial charge in [-0.2, -0.15) is 0 Å². The SMILES string of the molecule is CCc1ccc(-n2c(C)cc([C@H]3[C@@H](c4ccccn4)NC(=S)N3CCC(=O)Nc3cccc(C)c3)c2C)cc1. The predicted octanol–water partition coefficient (Wildman–Crippen LogP) is 6.36. The van der Waals surface area contributed by atoms with Gasteiger partial charge in [0.2, 0.25) is 5.91 Å². The summed E-state index contributed by atoms with van der Waals surface area (Å²) in [6.45, 7) is 8.98. The van der Waals surface area contributed by atoms with Gasteiger partial charge in [-0.25, -0.2) is 0 Å². The third-order valence-electron chi connectivity index (χ3n) is 7.47. The van der Waals surface area contributed by atoms with Crippen molar-refractivity contribution in [1.29, 1.82) is 0 Å². The van der Waals surface area contributed by atoms with Gasteiger partial charge in [0.1, 0.15) is 0 Å². The van der Waals surface area contributed by atoms with Crippen LogP contribution in [-0.4, -0.2) is 32.0 Å². The summed E-state index contributed by atoms with van der Waals surface area (Å²) in [6.07, 6.45) is 3.14. The van der Waals surface area contributed by atoms with Gasteiger partial charge < -0.3 is 20.1 Å². The molecule has 5 rings (SSSR count). The number of carbonyl (C=O) groups excluding carboxylic acids is 1. The molecule has 1 amide bonds. The molecule has 2 aromatic heterocycles. The first-order valence-electron chi connectivity index (χ1n) is 13.5. The summed E-state index contributed by atoms with van der Waals surface area (Å²) in [6, 6.07) is 24.6. The molecule has 0 spiro atoms. The Balaban J connectivity index is 1.46. The van der Waals surface area contributed by atoms with E-state index in [0.29, 0.717) is 18.1 Å². The number of carbonyl (C=O) groups is 1. The number of nitrogens with zero attached hydrogens (tertiary/aromatic N) is 3. The summed E-state index contributed by atoms with van der Waals surface area (Å²) in [5.74, 6) is -0.0371. The van der Waals surface area contributed by atoms with Crippen LogP contribution in [0.3, 0.4) is 0 Å². The lowest BCUT2D eigenvalue weighted by Gasteiger charge is -2.28. The van der Waals surface area contributed by atoms with E-state index < -0.39 is 0 Å². The second-order valence-corrected chi connectivity index (χ2v) is 10.6. The van der Waals surface area contributed by atoms with E-state index >= 15 is 0 Å². The molecule has 0 radical (unpaired) electrons. The van der Waals surface area contributed by atoms with Crippen LogP contribution in [0, 0.1) is 20.8 Å². The molecule has 1 fully saturated rings. The van der Waals surface area contributed by atoms with Gasteiger partial charge >= 0.3 is 0 Å². The molecule has 7 heteroatoms. The molecule has 200 valence electrons. The molecule has 0 unspecified atom stereocenters. The molecular formula is C32H35N5OS. The number of hydrogen-bond acceptors (Lipinski definition) is 3. The number of amides is 1. The van der Waals surface area contributed by atoms with Gasteiger partial charge in [-0.05, 0) is 98.6 Å². The molecule has 2 N–H and O–H groups in total. The molecule has 2 aromatic carbocycles. The maximum atomic E-state index is 12.9. The van der Waals surface area contributed by atoms with Crippen LogP contribution in [0.5, 0.6) is 0 Å². The lowest BCUT2D eigenvalue weighted by Crippen LogP contribution is -2.32. The highest BCUT2D eigenvalue weighted by atomic mass is 32.1. The number of nitrogens with one attached hydrogen (secondary N) is 2. The molecule has 4 aromatic rings. The van der Waals surface area contributed by atoms with Crippen molar-refractivity contribution in [2.24, 2.45) is 0 Å². The largest absolute Gasteiger partial charge is 0.352 e. The number of aryl methyl sites for hydroxylation is 3. The van der Waals surface area contributed by atoms with Gasteiger partial charge in [0.25, 0.3) is 0 Å². The van der Waals surface area contributed by atoms with E-state index in [1.54, 1.807) is 0 Å². The fourth-order valence-corrected chi connectivity index (χ4v) is 5.85. The Morgan fingerprint density at radius 2 is 1.82 bits per heavy atom. The van der Waals surface area contributed by atoms with Crippen LogP contribution >= 0.6 is 12.2 Å². The van der Waals surface area contributed by atoms with E-state index in [0.717, 1.165) is 40.4 Å². The molecule has 6 nitrogen and oxygen atoms in total. The van der Waals surface area contributed by atoms with Crippen LogP contribution < -0.4 is 10.6 Å². The molecule has 1 aliphatic rings. The molecule has 1 aliphatic heterocycles. The zero-order chi connectivity index (χ0) is 27.5. The van der Waals surface area contributed by atoms with E-state index in [1.165, 1.54) is 11.1 Å². The Bertz CT molecular complexity index is 1480. The van der Waals surface area contributed by atoms with Crippen molar-refractivity contribution in [3.63, 3.8) is 0 Å². The third kappa shape index (κ3) is 5.59.